The molecule has 2 aliphatic rings. The van der Waals surface area contributed by atoms with E-state index in [9.17, 15) is 19.7 Å². The number of carbonyl (C=O) groups excluding carboxylic acids is 2. The second-order valence-corrected chi connectivity index (χ2v) is 7.89. The van der Waals surface area contributed by atoms with Gasteiger partial charge in [-0.15, -0.1) is 0 Å². The number of pyridine rings is 1. The monoisotopic (exact) mass is 411 g/mol. The van der Waals surface area contributed by atoms with Crippen LogP contribution >= 0.6 is 0 Å². The van der Waals surface area contributed by atoms with E-state index >= 15 is 0 Å². The molecule has 30 heavy (non-hydrogen) atoms. The third-order valence-electron chi connectivity index (χ3n) is 5.84. The molecule has 2 fully saturated rings. The first kappa shape index (κ1) is 20.0. The summed E-state index contributed by atoms with van der Waals surface area (Å²) in [5.41, 5.74) is 1.75. The predicted molar refractivity (Wildman–Crippen MR) is 109 cm³/mol. The SMILES string of the molecule is Cc1ccc(N2C(=O)C[C@H]([NH2+]C3CCN(c4[nH+]cccc4[N+](=O)[O-])CC3)C2=O)cc1. The van der Waals surface area contributed by atoms with Gasteiger partial charge in [-0.25, -0.2) is 9.88 Å². The van der Waals surface area contributed by atoms with Crippen LogP contribution in [0.5, 0.6) is 0 Å². The van der Waals surface area contributed by atoms with Crippen molar-refractivity contribution >= 4 is 29.0 Å². The molecule has 0 radical (unpaired) electrons. The first-order valence-corrected chi connectivity index (χ1v) is 10.1. The van der Waals surface area contributed by atoms with Crippen LogP contribution in [0.2, 0.25) is 0 Å². The fourth-order valence-electron chi connectivity index (χ4n) is 4.23. The van der Waals surface area contributed by atoms with Crippen molar-refractivity contribution in [2.45, 2.75) is 38.3 Å². The van der Waals surface area contributed by atoms with Crippen molar-refractivity contribution in [2.75, 3.05) is 22.9 Å². The van der Waals surface area contributed by atoms with Crippen molar-refractivity contribution in [1.82, 2.24) is 0 Å². The van der Waals surface area contributed by atoms with Crippen LogP contribution in [-0.2, 0) is 9.59 Å². The number of nitrogens with zero attached hydrogens (tertiary/aromatic N) is 3. The van der Waals surface area contributed by atoms with Crippen LogP contribution < -0.4 is 20.1 Å². The molecule has 0 saturated carbocycles. The number of quaternary nitrogens is 1. The first-order valence-electron chi connectivity index (χ1n) is 10.1. The summed E-state index contributed by atoms with van der Waals surface area (Å²) in [7, 11) is 0. The lowest BCUT2D eigenvalue weighted by Gasteiger charge is -2.27. The highest BCUT2D eigenvalue weighted by Crippen LogP contribution is 2.25. The van der Waals surface area contributed by atoms with Crippen LogP contribution in [0.15, 0.2) is 42.6 Å². The predicted octanol–water partition coefficient (Wildman–Crippen LogP) is 0.582. The number of rotatable bonds is 5. The van der Waals surface area contributed by atoms with E-state index in [1.807, 2.05) is 29.3 Å². The van der Waals surface area contributed by atoms with Crippen LogP contribution in [0.4, 0.5) is 17.2 Å². The minimum absolute atomic E-state index is 0.0604. The second-order valence-electron chi connectivity index (χ2n) is 7.89. The standard InChI is InChI=1S/C21H23N5O4/c1-14-4-6-16(7-5-14)25-19(27)13-17(21(25)28)23-15-8-11-24(12-9-15)20-18(26(29)30)3-2-10-22-20/h2-7,10,15,17,23H,8-9,11-13H2,1H3/p+2/t17-/m0/s1. The Labute approximate surface area is 173 Å². The average Bonchev–Trinajstić information content (AvgIpc) is 3.02. The van der Waals surface area contributed by atoms with Gasteiger partial charge in [-0.3, -0.25) is 24.6 Å². The molecule has 4 rings (SSSR count). The number of aromatic amines is 1. The highest BCUT2D eigenvalue weighted by molar-refractivity contribution is 6.21. The molecular weight excluding hydrogens is 386 g/mol. The van der Waals surface area contributed by atoms with E-state index in [1.165, 1.54) is 11.0 Å². The van der Waals surface area contributed by atoms with Gasteiger partial charge in [0.25, 0.3) is 5.91 Å². The van der Waals surface area contributed by atoms with Gasteiger partial charge in [0.15, 0.2) is 6.04 Å². The minimum Gasteiger partial charge on any atom is -0.333 e. The quantitative estimate of drug-likeness (QED) is 0.439. The average molecular weight is 411 g/mol. The van der Waals surface area contributed by atoms with Gasteiger partial charge in [-0.05, 0) is 25.1 Å². The van der Waals surface area contributed by atoms with Crippen molar-refractivity contribution in [3.8, 4) is 0 Å². The minimum atomic E-state index is -0.409. The second kappa shape index (κ2) is 8.19. The van der Waals surface area contributed by atoms with Gasteiger partial charge < -0.3 is 5.32 Å². The Morgan fingerprint density at radius 3 is 2.50 bits per heavy atom. The number of carbonyl (C=O) groups is 2. The van der Waals surface area contributed by atoms with E-state index in [0.717, 1.165) is 18.4 Å². The van der Waals surface area contributed by atoms with Crippen LogP contribution in [0.25, 0.3) is 0 Å². The number of hydrogen-bond acceptors (Lipinski definition) is 5. The van der Waals surface area contributed by atoms with E-state index in [2.05, 4.69) is 4.98 Å². The molecule has 2 aromatic rings. The Hall–Kier alpha value is -3.33. The first-order chi connectivity index (χ1) is 14.4. The summed E-state index contributed by atoms with van der Waals surface area (Å²) < 4.78 is 0. The van der Waals surface area contributed by atoms with Gasteiger partial charge in [0, 0.05) is 18.9 Å². The molecule has 1 atom stereocenters. The smallest absolute Gasteiger partial charge is 0.333 e. The van der Waals surface area contributed by atoms with Crippen molar-refractivity contribution in [1.29, 1.82) is 0 Å². The van der Waals surface area contributed by atoms with Crippen LogP contribution in [0.1, 0.15) is 24.8 Å². The Bertz CT molecular complexity index is 970. The van der Waals surface area contributed by atoms with Gasteiger partial charge >= 0.3 is 11.5 Å². The Morgan fingerprint density at radius 2 is 1.83 bits per heavy atom. The molecule has 9 nitrogen and oxygen atoms in total. The molecule has 0 unspecified atom stereocenters. The van der Waals surface area contributed by atoms with Gasteiger partial charge in [-0.1, -0.05) is 17.7 Å². The van der Waals surface area contributed by atoms with Gasteiger partial charge in [-0.2, -0.15) is 0 Å². The lowest BCUT2D eigenvalue weighted by molar-refractivity contribution is -0.709. The topological polar surface area (TPSA) is 115 Å². The number of benzene rings is 1. The molecular formula is C21H25N5O4+2. The van der Waals surface area contributed by atoms with E-state index in [-0.39, 0.29) is 34.9 Å². The molecule has 2 saturated heterocycles. The normalized spacial score (nSPS) is 20.1. The zero-order valence-electron chi connectivity index (χ0n) is 16.8. The van der Waals surface area contributed by atoms with E-state index in [1.54, 1.807) is 24.4 Å². The van der Waals surface area contributed by atoms with Crippen LogP contribution in [0.3, 0.4) is 0 Å². The molecule has 2 aliphatic heterocycles. The highest BCUT2D eigenvalue weighted by Gasteiger charge is 2.44. The largest absolute Gasteiger partial charge is 0.357 e. The Balaban J connectivity index is 1.38. The van der Waals surface area contributed by atoms with Gasteiger partial charge in [0.05, 0.1) is 42.4 Å². The number of aromatic nitrogens is 1. The number of piperidine rings is 1. The van der Waals surface area contributed by atoms with Gasteiger partial charge in [0.1, 0.15) is 0 Å². The number of hydrogen-bond donors (Lipinski definition) is 1. The lowest BCUT2D eigenvalue weighted by Crippen LogP contribution is -2.97. The van der Waals surface area contributed by atoms with Crippen molar-refractivity contribution in [3.05, 3.63) is 58.3 Å². The number of amides is 2. The van der Waals surface area contributed by atoms with E-state index in [4.69, 9.17) is 0 Å². The molecule has 9 heteroatoms. The Morgan fingerprint density at radius 1 is 1.13 bits per heavy atom. The van der Waals surface area contributed by atoms with E-state index in [0.29, 0.717) is 24.6 Å². The number of nitrogens with two attached hydrogens (primary N) is 1. The molecule has 156 valence electrons. The maximum atomic E-state index is 12.9. The number of aryl methyl sites for hydroxylation is 1. The maximum Gasteiger partial charge on any atom is 0.357 e. The fourth-order valence-corrected chi connectivity index (χ4v) is 4.23. The molecule has 0 aliphatic carbocycles. The third-order valence-corrected chi connectivity index (χ3v) is 5.84. The third kappa shape index (κ3) is 3.88. The maximum absolute atomic E-state index is 12.9. The summed E-state index contributed by atoms with van der Waals surface area (Å²) in [6.07, 6.45) is 3.44. The molecule has 1 aromatic carbocycles. The van der Waals surface area contributed by atoms with Crippen molar-refractivity contribution in [3.63, 3.8) is 0 Å². The molecule has 0 bridgehead atoms. The van der Waals surface area contributed by atoms with Crippen LogP contribution in [-0.4, -0.2) is 41.9 Å². The summed E-state index contributed by atoms with van der Waals surface area (Å²) in [6, 6.07) is 10.3. The van der Waals surface area contributed by atoms with E-state index < -0.39 is 6.04 Å². The number of anilines is 2. The Kier molecular flexibility index (Phi) is 5.45. The zero-order chi connectivity index (χ0) is 21.3. The lowest BCUT2D eigenvalue weighted by atomic mass is 10.0. The molecule has 1 aromatic heterocycles. The number of H-pyrrole nitrogens is 1. The highest BCUT2D eigenvalue weighted by atomic mass is 16.6. The fraction of sp³-hybridized carbons (Fsp3) is 0.381. The summed E-state index contributed by atoms with van der Waals surface area (Å²) in [5, 5.41) is 13.3. The molecule has 2 amide bonds. The van der Waals surface area contributed by atoms with Crippen molar-refractivity contribution in [2.24, 2.45) is 0 Å². The molecule has 3 heterocycles. The van der Waals surface area contributed by atoms with Crippen molar-refractivity contribution < 1.29 is 24.8 Å². The number of nitro groups is 1. The zero-order valence-corrected chi connectivity index (χ0v) is 16.8. The number of imide groups is 1. The van der Waals surface area contributed by atoms with Crippen LogP contribution in [0, 0.1) is 17.0 Å². The number of nitrogens with one attached hydrogen (secondary N) is 1. The summed E-state index contributed by atoms with van der Waals surface area (Å²) in [4.78, 5) is 42.5. The summed E-state index contributed by atoms with van der Waals surface area (Å²) >= 11 is 0. The van der Waals surface area contributed by atoms with Gasteiger partial charge in [0.2, 0.25) is 5.91 Å². The molecule has 3 N–H and O–H groups in total. The summed E-state index contributed by atoms with van der Waals surface area (Å²) in [6.45, 7) is 3.26. The molecule has 0 spiro atoms. The summed E-state index contributed by atoms with van der Waals surface area (Å²) in [5.74, 6) is 0.175.